The van der Waals surface area contributed by atoms with Crippen LogP contribution in [0.1, 0.15) is 18.1 Å². The number of hydrogen-bond donors (Lipinski definition) is 1. The summed E-state index contributed by atoms with van der Waals surface area (Å²) in [5.41, 5.74) is 1.67. The first kappa shape index (κ1) is 20.9. The predicted molar refractivity (Wildman–Crippen MR) is 114 cm³/mol. The molecule has 7 heteroatoms. The van der Waals surface area contributed by atoms with Crippen molar-refractivity contribution in [2.24, 2.45) is 0 Å². The largest absolute Gasteiger partial charge is 0.493 e. The fraction of sp³-hybridized carbons (Fsp3) is 0.174. The molecule has 0 aliphatic carbocycles. The van der Waals surface area contributed by atoms with Gasteiger partial charge in [-0.1, -0.05) is 43.8 Å². The molecule has 0 spiro atoms. The fourth-order valence-electron chi connectivity index (χ4n) is 3.11. The molecule has 1 aliphatic heterocycles. The van der Waals surface area contributed by atoms with Crippen LogP contribution < -0.4 is 19.7 Å². The lowest BCUT2D eigenvalue weighted by atomic mass is 10.0. The quantitative estimate of drug-likeness (QED) is 0.432. The number of benzene rings is 2. The molecule has 1 heterocycles. The minimum Gasteiger partial charge on any atom is -0.493 e. The number of barbiturate groups is 1. The molecule has 0 radical (unpaired) electrons. The van der Waals surface area contributed by atoms with Crippen LogP contribution in [0.2, 0.25) is 0 Å². The van der Waals surface area contributed by atoms with Gasteiger partial charge in [0.1, 0.15) is 12.2 Å². The summed E-state index contributed by atoms with van der Waals surface area (Å²) in [6, 6.07) is 11.3. The maximum Gasteiger partial charge on any atom is 0.335 e. The van der Waals surface area contributed by atoms with E-state index >= 15 is 0 Å². The monoisotopic (exact) mass is 406 g/mol. The van der Waals surface area contributed by atoms with E-state index in [-0.39, 0.29) is 5.57 Å². The summed E-state index contributed by atoms with van der Waals surface area (Å²) in [4.78, 5) is 38.9. The number of methoxy groups -OCH3 is 1. The van der Waals surface area contributed by atoms with Crippen molar-refractivity contribution in [2.75, 3.05) is 18.6 Å². The Morgan fingerprint density at radius 1 is 1.10 bits per heavy atom. The summed E-state index contributed by atoms with van der Waals surface area (Å²) in [5.74, 6) is -0.483. The van der Waals surface area contributed by atoms with Gasteiger partial charge in [0.25, 0.3) is 11.8 Å². The summed E-state index contributed by atoms with van der Waals surface area (Å²) in [5, 5.41) is 2.24. The summed E-state index contributed by atoms with van der Waals surface area (Å²) in [6.45, 7) is 5.84. The second-order valence-electron chi connectivity index (χ2n) is 6.45. The van der Waals surface area contributed by atoms with Crippen LogP contribution in [0, 0.1) is 0 Å². The molecule has 0 aromatic heterocycles. The highest BCUT2D eigenvalue weighted by atomic mass is 16.5. The Hall–Kier alpha value is -3.87. The number of amides is 4. The summed E-state index contributed by atoms with van der Waals surface area (Å²) < 4.78 is 10.8. The van der Waals surface area contributed by atoms with Crippen molar-refractivity contribution in [3.63, 3.8) is 0 Å². The van der Waals surface area contributed by atoms with E-state index in [1.54, 1.807) is 36.4 Å². The Labute approximate surface area is 174 Å². The highest BCUT2D eigenvalue weighted by Crippen LogP contribution is 2.30. The van der Waals surface area contributed by atoms with Gasteiger partial charge in [0.2, 0.25) is 0 Å². The zero-order valence-corrected chi connectivity index (χ0v) is 16.8. The summed E-state index contributed by atoms with van der Waals surface area (Å²) >= 11 is 0. The lowest BCUT2D eigenvalue weighted by Crippen LogP contribution is -2.54. The molecule has 2 aromatic rings. The van der Waals surface area contributed by atoms with Crippen LogP contribution in [0.15, 0.2) is 60.7 Å². The van der Waals surface area contributed by atoms with E-state index in [1.165, 1.54) is 13.2 Å². The molecular formula is C23H22N2O5. The Morgan fingerprint density at radius 2 is 1.87 bits per heavy atom. The fourth-order valence-corrected chi connectivity index (χ4v) is 3.11. The molecule has 1 N–H and O–H groups in total. The SMILES string of the molecule is C=CCOc1ccc(/C=C2/C(=O)NC(=O)N(c3ccccc3CC)C2=O)cc1OC. The first-order chi connectivity index (χ1) is 14.5. The van der Waals surface area contributed by atoms with E-state index in [4.69, 9.17) is 9.47 Å². The van der Waals surface area contributed by atoms with Crippen molar-refractivity contribution >= 4 is 29.6 Å². The Bertz CT molecular complexity index is 1040. The van der Waals surface area contributed by atoms with Crippen molar-refractivity contribution in [3.8, 4) is 11.5 Å². The van der Waals surface area contributed by atoms with Crippen LogP contribution in [-0.4, -0.2) is 31.6 Å². The number of nitrogens with zero attached hydrogens (tertiary/aromatic N) is 1. The number of carbonyl (C=O) groups is 3. The molecule has 1 saturated heterocycles. The standard InChI is InChI=1S/C23H22N2O5/c1-4-12-30-19-11-10-15(14-20(19)29-3)13-17-21(26)24-23(28)25(22(17)27)18-9-7-6-8-16(18)5-2/h4,6-11,13-14H,1,5,12H2,2-3H3,(H,24,26,28)/b17-13-. The van der Waals surface area contributed by atoms with E-state index in [2.05, 4.69) is 11.9 Å². The Kier molecular flexibility index (Phi) is 6.32. The molecule has 0 unspecified atom stereocenters. The minimum absolute atomic E-state index is 0.151. The summed E-state index contributed by atoms with van der Waals surface area (Å²) in [6.07, 6.45) is 3.66. The van der Waals surface area contributed by atoms with E-state index in [0.717, 1.165) is 10.5 Å². The summed E-state index contributed by atoms with van der Waals surface area (Å²) in [7, 11) is 1.49. The average Bonchev–Trinajstić information content (AvgIpc) is 2.75. The number of rotatable bonds is 7. The molecule has 30 heavy (non-hydrogen) atoms. The van der Waals surface area contributed by atoms with Crippen LogP contribution in [0.4, 0.5) is 10.5 Å². The number of carbonyl (C=O) groups excluding carboxylic acids is 3. The third kappa shape index (κ3) is 4.10. The van der Waals surface area contributed by atoms with E-state index in [1.807, 2.05) is 19.1 Å². The van der Waals surface area contributed by atoms with Crippen molar-refractivity contribution < 1.29 is 23.9 Å². The van der Waals surface area contributed by atoms with Crippen LogP contribution >= 0.6 is 0 Å². The van der Waals surface area contributed by atoms with Crippen LogP contribution in [0.25, 0.3) is 6.08 Å². The second-order valence-corrected chi connectivity index (χ2v) is 6.45. The van der Waals surface area contributed by atoms with Gasteiger partial charge in [-0.25, -0.2) is 9.69 Å². The molecule has 1 aliphatic rings. The number of hydrogen-bond acceptors (Lipinski definition) is 5. The molecule has 0 bridgehead atoms. The Morgan fingerprint density at radius 3 is 2.57 bits per heavy atom. The van der Waals surface area contributed by atoms with Gasteiger partial charge < -0.3 is 9.47 Å². The van der Waals surface area contributed by atoms with Gasteiger partial charge in [-0.3, -0.25) is 14.9 Å². The highest BCUT2D eigenvalue weighted by Gasteiger charge is 2.37. The topological polar surface area (TPSA) is 84.9 Å². The first-order valence-corrected chi connectivity index (χ1v) is 9.41. The number of urea groups is 1. The van der Waals surface area contributed by atoms with Gasteiger partial charge >= 0.3 is 6.03 Å². The molecule has 0 saturated carbocycles. The molecule has 4 amide bonds. The molecule has 0 atom stereocenters. The Balaban J connectivity index is 1.99. The van der Waals surface area contributed by atoms with Gasteiger partial charge in [-0.05, 0) is 41.8 Å². The van der Waals surface area contributed by atoms with Gasteiger partial charge in [-0.15, -0.1) is 0 Å². The van der Waals surface area contributed by atoms with E-state index in [0.29, 0.717) is 35.8 Å². The lowest BCUT2D eigenvalue weighted by Gasteiger charge is -2.28. The maximum atomic E-state index is 13.1. The van der Waals surface area contributed by atoms with E-state index < -0.39 is 17.8 Å². The van der Waals surface area contributed by atoms with Crippen molar-refractivity contribution in [1.29, 1.82) is 0 Å². The molecule has 3 rings (SSSR count). The highest BCUT2D eigenvalue weighted by molar-refractivity contribution is 6.39. The zero-order valence-electron chi connectivity index (χ0n) is 16.8. The van der Waals surface area contributed by atoms with Crippen molar-refractivity contribution in [3.05, 3.63) is 71.8 Å². The maximum absolute atomic E-state index is 13.1. The van der Waals surface area contributed by atoms with Gasteiger partial charge in [0.05, 0.1) is 12.8 Å². The zero-order chi connectivity index (χ0) is 21.7. The van der Waals surface area contributed by atoms with Crippen LogP contribution in [-0.2, 0) is 16.0 Å². The number of ether oxygens (including phenoxy) is 2. The first-order valence-electron chi connectivity index (χ1n) is 9.41. The van der Waals surface area contributed by atoms with Crippen LogP contribution in [0.5, 0.6) is 11.5 Å². The number of aryl methyl sites for hydroxylation is 1. The molecule has 7 nitrogen and oxygen atoms in total. The number of anilines is 1. The molecule has 154 valence electrons. The van der Waals surface area contributed by atoms with Crippen molar-refractivity contribution in [2.45, 2.75) is 13.3 Å². The smallest absolute Gasteiger partial charge is 0.335 e. The predicted octanol–water partition coefficient (Wildman–Crippen LogP) is 3.49. The van der Waals surface area contributed by atoms with Gasteiger partial charge in [0.15, 0.2) is 11.5 Å². The van der Waals surface area contributed by atoms with Crippen molar-refractivity contribution in [1.82, 2.24) is 5.32 Å². The number of para-hydroxylation sites is 1. The lowest BCUT2D eigenvalue weighted by molar-refractivity contribution is -0.122. The normalized spacial score (nSPS) is 15.2. The molecular weight excluding hydrogens is 384 g/mol. The minimum atomic E-state index is -0.770. The third-order valence-electron chi connectivity index (χ3n) is 4.57. The molecule has 2 aromatic carbocycles. The molecule has 1 fully saturated rings. The van der Waals surface area contributed by atoms with Gasteiger partial charge in [0, 0.05) is 0 Å². The average molecular weight is 406 g/mol. The van der Waals surface area contributed by atoms with E-state index in [9.17, 15) is 14.4 Å². The number of nitrogens with one attached hydrogen (secondary N) is 1. The van der Waals surface area contributed by atoms with Gasteiger partial charge in [-0.2, -0.15) is 0 Å². The van der Waals surface area contributed by atoms with Crippen LogP contribution in [0.3, 0.4) is 0 Å². The second kappa shape index (κ2) is 9.09. The third-order valence-corrected chi connectivity index (χ3v) is 4.57. The number of imide groups is 2.